The predicted molar refractivity (Wildman–Crippen MR) is 60.9 cm³/mol. The summed E-state index contributed by atoms with van der Waals surface area (Å²) in [5.74, 6) is 0. The van der Waals surface area contributed by atoms with E-state index in [0.29, 0.717) is 0 Å². The first-order valence-electron chi connectivity index (χ1n) is 5.24. The molecule has 1 N–H and O–H groups in total. The van der Waals surface area contributed by atoms with Crippen LogP contribution in [0.5, 0.6) is 0 Å². The van der Waals surface area contributed by atoms with Crippen LogP contribution in [0.2, 0.25) is 5.02 Å². The number of nitrogens with one attached hydrogen (secondary N) is 1. The van der Waals surface area contributed by atoms with E-state index in [1.54, 1.807) is 0 Å². The lowest BCUT2D eigenvalue weighted by molar-refractivity contribution is 0.681. The van der Waals surface area contributed by atoms with Gasteiger partial charge in [0.2, 0.25) is 0 Å². The number of rotatable bonds is 4. The number of hydrogen-bond donors (Lipinski definition) is 1. The molecule has 0 heterocycles. The van der Waals surface area contributed by atoms with Crippen molar-refractivity contribution in [3.05, 3.63) is 34.3 Å². The van der Waals surface area contributed by atoms with Gasteiger partial charge in [-0.05, 0) is 56.0 Å². The summed E-state index contributed by atoms with van der Waals surface area (Å²) in [6.07, 6.45) is 3.83. The molecule has 1 nitrogen and oxygen atoms in total. The van der Waals surface area contributed by atoms with E-state index in [1.165, 1.54) is 24.0 Å². The first kappa shape index (κ1) is 10.0. The molecular formula is C12H16ClN. The molecule has 0 saturated heterocycles. The van der Waals surface area contributed by atoms with Gasteiger partial charge in [-0.2, -0.15) is 0 Å². The van der Waals surface area contributed by atoms with Crippen LogP contribution in [0.4, 0.5) is 0 Å². The SMILES string of the molecule is Cc1cc(Cl)ccc1CCNC1CC1. The molecule has 1 aliphatic rings. The zero-order chi connectivity index (χ0) is 9.97. The first-order valence-corrected chi connectivity index (χ1v) is 5.62. The minimum atomic E-state index is 0.808. The standard InChI is InChI=1S/C12H16ClN/c1-9-8-11(13)3-2-10(9)6-7-14-12-4-5-12/h2-3,8,12,14H,4-7H2,1H3. The molecule has 0 aliphatic heterocycles. The highest BCUT2D eigenvalue weighted by atomic mass is 35.5. The Kier molecular flexibility index (Phi) is 3.09. The van der Waals surface area contributed by atoms with E-state index in [2.05, 4.69) is 18.3 Å². The lowest BCUT2D eigenvalue weighted by Crippen LogP contribution is -2.19. The first-order chi connectivity index (χ1) is 6.75. The molecule has 0 amide bonds. The van der Waals surface area contributed by atoms with Gasteiger partial charge in [0.25, 0.3) is 0 Å². The van der Waals surface area contributed by atoms with Crippen molar-refractivity contribution in [1.82, 2.24) is 5.32 Å². The van der Waals surface area contributed by atoms with Gasteiger partial charge in [0.05, 0.1) is 0 Å². The van der Waals surface area contributed by atoms with Gasteiger partial charge in [-0.1, -0.05) is 17.7 Å². The maximum atomic E-state index is 5.90. The maximum absolute atomic E-state index is 5.90. The summed E-state index contributed by atoms with van der Waals surface area (Å²) < 4.78 is 0. The van der Waals surface area contributed by atoms with Crippen LogP contribution in [-0.2, 0) is 6.42 Å². The number of hydrogen-bond acceptors (Lipinski definition) is 1. The van der Waals surface area contributed by atoms with Gasteiger partial charge in [0.1, 0.15) is 0 Å². The highest BCUT2D eigenvalue weighted by Crippen LogP contribution is 2.19. The molecule has 0 radical (unpaired) electrons. The van der Waals surface area contributed by atoms with Crippen molar-refractivity contribution < 1.29 is 0 Å². The molecule has 0 spiro atoms. The molecule has 0 bridgehead atoms. The summed E-state index contributed by atoms with van der Waals surface area (Å²) in [5, 5.41) is 4.35. The molecule has 0 atom stereocenters. The van der Waals surface area contributed by atoms with Crippen LogP contribution in [0.15, 0.2) is 18.2 Å². The monoisotopic (exact) mass is 209 g/mol. The quantitative estimate of drug-likeness (QED) is 0.804. The highest BCUT2D eigenvalue weighted by Gasteiger charge is 2.19. The number of halogens is 1. The molecule has 2 heteroatoms. The minimum Gasteiger partial charge on any atom is -0.314 e. The van der Waals surface area contributed by atoms with Gasteiger partial charge >= 0.3 is 0 Å². The lowest BCUT2D eigenvalue weighted by Gasteiger charge is -2.06. The molecule has 1 fully saturated rings. The zero-order valence-corrected chi connectivity index (χ0v) is 9.27. The molecule has 2 rings (SSSR count). The van der Waals surface area contributed by atoms with Crippen LogP contribution in [0, 0.1) is 6.92 Å². The van der Waals surface area contributed by atoms with Crippen molar-refractivity contribution in [2.45, 2.75) is 32.2 Å². The topological polar surface area (TPSA) is 12.0 Å². The lowest BCUT2D eigenvalue weighted by atomic mass is 10.1. The summed E-state index contributed by atoms with van der Waals surface area (Å²) in [7, 11) is 0. The van der Waals surface area contributed by atoms with Crippen molar-refractivity contribution in [2.75, 3.05) is 6.54 Å². The summed E-state index contributed by atoms with van der Waals surface area (Å²) in [6.45, 7) is 3.21. The van der Waals surface area contributed by atoms with Crippen LogP contribution >= 0.6 is 11.6 Å². The largest absolute Gasteiger partial charge is 0.314 e. The third kappa shape index (κ3) is 2.73. The Morgan fingerprint density at radius 2 is 2.21 bits per heavy atom. The Morgan fingerprint density at radius 3 is 2.86 bits per heavy atom. The van der Waals surface area contributed by atoms with E-state index in [0.717, 1.165) is 24.0 Å². The van der Waals surface area contributed by atoms with Gasteiger partial charge in [-0.3, -0.25) is 0 Å². The second kappa shape index (κ2) is 4.33. The normalized spacial score (nSPS) is 15.9. The molecule has 1 aliphatic carbocycles. The highest BCUT2D eigenvalue weighted by molar-refractivity contribution is 6.30. The molecule has 1 saturated carbocycles. The molecule has 14 heavy (non-hydrogen) atoms. The molecular weight excluding hydrogens is 194 g/mol. The van der Waals surface area contributed by atoms with E-state index >= 15 is 0 Å². The Morgan fingerprint density at radius 1 is 1.43 bits per heavy atom. The number of benzene rings is 1. The van der Waals surface area contributed by atoms with E-state index in [-0.39, 0.29) is 0 Å². The van der Waals surface area contributed by atoms with Crippen LogP contribution in [0.25, 0.3) is 0 Å². The Hall–Kier alpha value is -0.530. The Bertz CT molecular complexity index is 318. The van der Waals surface area contributed by atoms with Gasteiger partial charge in [-0.25, -0.2) is 0 Å². The van der Waals surface area contributed by atoms with Gasteiger partial charge in [0, 0.05) is 11.1 Å². The Labute approximate surface area is 90.5 Å². The second-order valence-electron chi connectivity index (χ2n) is 4.05. The van der Waals surface area contributed by atoms with Gasteiger partial charge in [-0.15, -0.1) is 0 Å². The summed E-state index contributed by atoms with van der Waals surface area (Å²) in [4.78, 5) is 0. The number of aryl methyl sites for hydroxylation is 1. The summed E-state index contributed by atoms with van der Waals surface area (Å²) in [5.41, 5.74) is 2.71. The fraction of sp³-hybridized carbons (Fsp3) is 0.500. The molecule has 0 aromatic heterocycles. The second-order valence-corrected chi connectivity index (χ2v) is 4.49. The minimum absolute atomic E-state index is 0.808. The van der Waals surface area contributed by atoms with Gasteiger partial charge < -0.3 is 5.32 Å². The average Bonchev–Trinajstić information content (AvgIpc) is 2.92. The summed E-state index contributed by atoms with van der Waals surface area (Å²) >= 11 is 5.90. The smallest absolute Gasteiger partial charge is 0.0408 e. The van der Waals surface area contributed by atoms with Crippen molar-refractivity contribution in [3.63, 3.8) is 0 Å². The van der Waals surface area contributed by atoms with Crippen molar-refractivity contribution in [2.24, 2.45) is 0 Å². The molecule has 76 valence electrons. The molecule has 1 aromatic rings. The van der Waals surface area contributed by atoms with Crippen LogP contribution < -0.4 is 5.32 Å². The average molecular weight is 210 g/mol. The van der Waals surface area contributed by atoms with E-state index in [4.69, 9.17) is 11.6 Å². The van der Waals surface area contributed by atoms with Crippen molar-refractivity contribution in [3.8, 4) is 0 Å². The fourth-order valence-corrected chi connectivity index (χ4v) is 1.86. The predicted octanol–water partition coefficient (Wildman–Crippen LogP) is 2.94. The van der Waals surface area contributed by atoms with E-state index < -0.39 is 0 Å². The van der Waals surface area contributed by atoms with E-state index in [9.17, 15) is 0 Å². The maximum Gasteiger partial charge on any atom is 0.0408 e. The fourth-order valence-electron chi connectivity index (χ4n) is 1.64. The van der Waals surface area contributed by atoms with Crippen molar-refractivity contribution >= 4 is 11.6 Å². The van der Waals surface area contributed by atoms with Gasteiger partial charge in [0.15, 0.2) is 0 Å². The van der Waals surface area contributed by atoms with E-state index in [1.807, 2.05) is 12.1 Å². The Balaban J connectivity index is 1.87. The van der Waals surface area contributed by atoms with Crippen molar-refractivity contribution in [1.29, 1.82) is 0 Å². The third-order valence-electron chi connectivity index (χ3n) is 2.71. The summed E-state index contributed by atoms with van der Waals surface area (Å²) in [6, 6.07) is 6.95. The molecule has 1 aromatic carbocycles. The third-order valence-corrected chi connectivity index (χ3v) is 2.94. The zero-order valence-electron chi connectivity index (χ0n) is 8.52. The van der Waals surface area contributed by atoms with Crippen LogP contribution in [0.3, 0.4) is 0 Å². The van der Waals surface area contributed by atoms with Crippen LogP contribution in [-0.4, -0.2) is 12.6 Å². The molecule has 0 unspecified atom stereocenters. The van der Waals surface area contributed by atoms with Crippen LogP contribution in [0.1, 0.15) is 24.0 Å².